The van der Waals surface area contributed by atoms with Crippen LogP contribution in [0, 0.1) is 0 Å². The lowest BCUT2D eigenvalue weighted by Crippen LogP contribution is -2.52. The van der Waals surface area contributed by atoms with Crippen molar-refractivity contribution < 1.29 is 17.9 Å². The van der Waals surface area contributed by atoms with Gasteiger partial charge >= 0.3 is 0 Å². The largest absolute Gasteiger partial charge is 0.364 e. The predicted molar refractivity (Wildman–Crippen MR) is 108 cm³/mol. The Hall–Kier alpha value is -1.19. The summed E-state index contributed by atoms with van der Waals surface area (Å²) in [5, 5.41) is 0. The minimum atomic E-state index is -3.52. The number of piperazine rings is 1. The van der Waals surface area contributed by atoms with E-state index in [9.17, 15) is 13.2 Å². The smallest absolute Gasteiger partial charge is 0.251 e. The van der Waals surface area contributed by atoms with E-state index in [4.69, 9.17) is 10.5 Å². The number of hydrogen-bond acceptors (Lipinski definition) is 5. The van der Waals surface area contributed by atoms with Gasteiger partial charge in [-0.2, -0.15) is 4.31 Å². The second-order valence-corrected chi connectivity index (χ2v) is 9.51. The van der Waals surface area contributed by atoms with Crippen LogP contribution in [0.5, 0.6) is 0 Å². The molecule has 1 aliphatic carbocycles. The first-order chi connectivity index (χ1) is 13.0. The highest BCUT2D eigenvalue weighted by Gasteiger charge is 2.36. The molecule has 1 amide bonds. The molecule has 0 bridgehead atoms. The number of sulfonamides is 1. The van der Waals surface area contributed by atoms with Crippen LogP contribution in [0.15, 0.2) is 23.1 Å². The molecule has 1 aromatic rings. The Morgan fingerprint density at radius 2 is 1.82 bits per heavy atom. The Morgan fingerprint density at radius 1 is 1.11 bits per heavy atom. The number of hydrogen-bond donors (Lipinski definition) is 1. The highest BCUT2D eigenvalue weighted by Crippen LogP contribution is 2.27. The second-order valence-electron chi connectivity index (χ2n) is 7.57. The van der Waals surface area contributed by atoms with Crippen molar-refractivity contribution in [2.75, 3.05) is 32.7 Å². The molecule has 0 radical (unpaired) electrons. The first-order valence-electron chi connectivity index (χ1n) is 9.75. The van der Waals surface area contributed by atoms with Crippen molar-refractivity contribution in [3.05, 3.63) is 29.3 Å². The molecule has 2 aliphatic heterocycles. The Balaban J connectivity index is 0.00000225. The van der Waals surface area contributed by atoms with Gasteiger partial charge in [0.05, 0.1) is 11.0 Å². The van der Waals surface area contributed by atoms with Crippen LogP contribution in [0.2, 0.25) is 0 Å². The summed E-state index contributed by atoms with van der Waals surface area (Å²) < 4.78 is 33.1. The van der Waals surface area contributed by atoms with Gasteiger partial charge in [-0.25, -0.2) is 8.42 Å². The summed E-state index contributed by atoms with van der Waals surface area (Å²) in [5.41, 5.74) is 8.02. The van der Waals surface area contributed by atoms with Gasteiger partial charge in [-0.15, -0.1) is 12.4 Å². The number of halogens is 1. The zero-order valence-electron chi connectivity index (χ0n) is 15.9. The zero-order chi connectivity index (χ0) is 19.0. The summed E-state index contributed by atoms with van der Waals surface area (Å²) in [5.74, 6) is -0.0412. The standard InChI is InChI=1S/C19H27N3O4S.ClH/c20-13-16-5-7-18(26-16)19(23)21-8-10-22(11-9-21)27(24,25)17-6-4-14-2-1-3-15(14)12-17;/h4,6,12,16,18H,1-3,5,7-11,13,20H2;1H/t16-,18+;/m1./s1. The van der Waals surface area contributed by atoms with Crippen LogP contribution in [0.25, 0.3) is 0 Å². The third-order valence-corrected chi connectivity index (χ3v) is 7.80. The van der Waals surface area contributed by atoms with Gasteiger partial charge < -0.3 is 15.4 Å². The third kappa shape index (κ3) is 4.07. The lowest BCUT2D eigenvalue weighted by molar-refractivity contribution is -0.143. The molecule has 9 heteroatoms. The van der Waals surface area contributed by atoms with E-state index >= 15 is 0 Å². The van der Waals surface area contributed by atoms with Crippen LogP contribution in [0.4, 0.5) is 0 Å². The van der Waals surface area contributed by atoms with E-state index < -0.39 is 16.1 Å². The molecule has 3 aliphatic rings. The minimum Gasteiger partial charge on any atom is -0.364 e. The van der Waals surface area contributed by atoms with Crippen LogP contribution < -0.4 is 5.73 Å². The first kappa shape index (κ1) is 21.5. The summed E-state index contributed by atoms with van der Waals surface area (Å²) >= 11 is 0. The van der Waals surface area contributed by atoms with Gasteiger partial charge in [-0.3, -0.25) is 4.79 Å². The van der Waals surface area contributed by atoms with Crippen molar-refractivity contribution in [1.82, 2.24) is 9.21 Å². The molecule has 0 unspecified atom stereocenters. The van der Waals surface area contributed by atoms with Gasteiger partial charge in [0.1, 0.15) is 6.10 Å². The summed E-state index contributed by atoms with van der Waals surface area (Å²) in [6.45, 7) is 1.86. The fraction of sp³-hybridized carbons (Fsp3) is 0.632. The third-order valence-electron chi connectivity index (χ3n) is 5.90. The van der Waals surface area contributed by atoms with E-state index in [0.717, 1.165) is 31.2 Å². The predicted octanol–water partition coefficient (Wildman–Crippen LogP) is 0.936. The van der Waals surface area contributed by atoms with Crippen molar-refractivity contribution in [3.8, 4) is 0 Å². The maximum Gasteiger partial charge on any atom is 0.251 e. The van der Waals surface area contributed by atoms with Crippen molar-refractivity contribution in [1.29, 1.82) is 0 Å². The number of nitrogens with zero attached hydrogens (tertiary/aromatic N) is 2. The van der Waals surface area contributed by atoms with Crippen molar-refractivity contribution >= 4 is 28.3 Å². The summed E-state index contributed by atoms with van der Waals surface area (Å²) in [7, 11) is -3.52. The van der Waals surface area contributed by atoms with Crippen molar-refractivity contribution in [3.63, 3.8) is 0 Å². The van der Waals surface area contributed by atoms with Crippen LogP contribution in [0.3, 0.4) is 0 Å². The van der Waals surface area contributed by atoms with Crippen molar-refractivity contribution in [2.24, 2.45) is 5.73 Å². The molecule has 7 nitrogen and oxygen atoms in total. The van der Waals surface area contributed by atoms with E-state index in [0.29, 0.717) is 44.0 Å². The molecule has 2 saturated heterocycles. The summed E-state index contributed by atoms with van der Waals surface area (Å²) in [6, 6.07) is 5.49. The Bertz CT molecular complexity index is 824. The van der Waals surface area contributed by atoms with Gasteiger partial charge in [-0.05, 0) is 55.4 Å². The normalized spacial score (nSPS) is 25.4. The molecule has 28 heavy (non-hydrogen) atoms. The van der Waals surface area contributed by atoms with Gasteiger partial charge in [0.15, 0.2) is 0 Å². The monoisotopic (exact) mass is 429 g/mol. The number of amides is 1. The van der Waals surface area contributed by atoms with E-state index in [1.165, 1.54) is 9.87 Å². The maximum atomic E-state index is 13.0. The average molecular weight is 430 g/mol. The van der Waals surface area contributed by atoms with Crippen LogP contribution in [-0.4, -0.2) is 68.5 Å². The van der Waals surface area contributed by atoms with E-state index in [2.05, 4.69) is 0 Å². The number of ether oxygens (including phenoxy) is 1. The molecule has 2 N–H and O–H groups in total. The molecule has 4 rings (SSSR count). The second kappa shape index (κ2) is 8.67. The van der Waals surface area contributed by atoms with Gasteiger partial charge in [-0.1, -0.05) is 6.07 Å². The number of aryl methyl sites for hydroxylation is 2. The summed E-state index contributed by atoms with van der Waals surface area (Å²) in [6.07, 6.45) is 4.09. The van der Waals surface area contributed by atoms with E-state index in [-0.39, 0.29) is 24.4 Å². The lowest BCUT2D eigenvalue weighted by Gasteiger charge is -2.35. The zero-order valence-corrected chi connectivity index (χ0v) is 17.5. The lowest BCUT2D eigenvalue weighted by atomic mass is 10.1. The quantitative estimate of drug-likeness (QED) is 0.768. The fourth-order valence-corrected chi connectivity index (χ4v) is 5.74. The van der Waals surface area contributed by atoms with Crippen LogP contribution >= 0.6 is 12.4 Å². The number of nitrogens with two attached hydrogens (primary N) is 1. The Morgan fingerprint density at radius 3 is 2.50 bits per heavy atom. The molecule has 2 heterocycles. The molecule has 2 fully saturated rings. The number of rotatable bonds is 4. The minimum absolute atomic E-state index is 0. The topological polar surface area (TPSA) is 92.9 Å². The molecular formula is C19H28ClN3O4S. The highest BCUT2D eigenvalue weighted by atomic mass is 35.5. The number of carbonyl (C=O) groups excluding carboxylic acids is 1. The molecule has 0 spiro atoms. The SMILES string of the molecule is Cl.NC[C@H]1CC[C@@H](C(=O)N2CCN(S(=O)(=O)c3ccc4c(c3)CCC4)CC2)O1. The van der Waals surface area contributed by atoms with E-state index in [1.54, 1.807) is 11.0 Å². The van der Waals surface area contributed by atoms with Gasteiger partial charge in [0, 0.05) is 32.7 Å². The van der Waals surface area contributed by atoms with E-state index in [1.807, 2.05) is 12.1 Å². The fourth-order valence-electron chi connectivity index (χ4n) is 4.27. The molecule has 156 valence electrons. The van der Waals surface area contributed by atoms with Crippen molar-refractivity contribution in [2.45, 2.75) is 49.2 Å². The number of benzene rings is 1. The highest BCUT2D eigenvalue weighted by molar-refractivity contribution is 7.89. The van der Waals surface area contributed by atoms with Gasteiger partial charge in [0.25, 0.3) is 5.91 Å². The number of carbonyl (C=O) groups is 1. The summed E-state index contributed by atoms with van der Waals surface area (Å²) in [4.78, 5) is 14.7. The molecular weight excluding hydrogens is 402 g/mol. The number of fused-ring (bicyclic) bond motifs is 1. The van der Waals surface area contributed by atoms with Crippen LogP contribution in [0.1, 0.15) is 30.4 Å². The van der Waals surface area contributed by atoms with Crippen LogP contribution in [-0.2, 0) is 32.4 Å². The molecule has 2 atom stereocenters. The Kier molecular flexibility index (Phi) is 6.66. The molecule has 1 aromatic carbocycles. The Labute approximate surface area is 172 Å². The molecule has 0 saturated carbocycles. The van der Waals surface area contributed by atoms with Gasteiger partial charge in [0.2, 0.25) is 10.0 Å². The maximum absolute atomic E-state index is 13.0. The average Bonchev–Trinajstić information content (AvgIpc) is 3.36. The first-order valence-corrected chi connectivity index (χ1v) is 11.2. The molecule has 0 aromatic heterocycles.